The lowest BCUT2D eigenvalue weighted by molar-refractivity contribution is -0.137. The summed E-state index contributed by atoms with van der Waals surface area (Å²) in [6.07, 6.45) is 2.50. The first-order chi connectivity index (χ1) is 18.6. The van der Waals surface area contributed by atoms with Crippen LogP contribution in [0.5, 0.6) is 0 Å². The second-order valence-electron chi connectivity index (χ2n) is 11.4. The number of carbonyl (C=O) groups excluding carboxylic acids is 1. The molecule has 0 radical (unpaired) electrons. The molecule has 3 aromatic rings. The number of nitrogen functional groups attached to an aromatic ring is 1. The highest BCUT2D eigenvalue weighted by Gasteiger charge is 2.36. The number of anilines is 2. The highest BCUT2D eigenvalue weighted by atomic mass is 19.4. The standard InChI is InChI=1S/C30H34F3N5O/c1-16(20-12-21(30(31,32)33)14-22(34)13-20)35-28-26-15-25(18-8-10-38(11-9-18)29(39)19-6-7-19)23-4-3-5-24(23)27(26)36-17(2)37-28/h12-16,18-19H,3-11,34H2,1-2H3,(H,35,36,37). The van der Waals surface area contributed by atoms with E-state index in [1.54, 1.807) is 6.07 Å². The number of likely N-dealkylation sites (tertiary alicyclic amines) is 1. The zero-order chi connectivity index (χ0) is 27.5. The van der Waals surface area contributed by atoms with E-state index in [0.29, 0.717) is 29.0 Å². The smallest absolute Gasteiger partial charge is 0.399 e. The Hall–Kier alpha value is -3.36. The van der Waals surface area contributed by atoms with E-state index in [-0.39, 0.29) is 11.6 Å². The fourth-order valence-electron chi connectivity index (χ4n) is 6.37. The Labute approximate surface area is 226 Å². The van der Waals surface area contributed by atoms with Crippen LogP contribution in [0.15, 0.2) is 24.3 Å². The van der Waals surface area contributed by atoms with Crippen LogP contribution in [0.4, 0.5) is 24.7 Å². The maximum absolute atomic E-state index is 13.4. The molecule has 0 spiro atoms. The number of nitrogens with one attached hydrogen (secondary N) is 1. The van der Waals surface area contributed by atoms with Crippen molar-refractivity contribution >= 4 is 28.3 Å². The normalized spacial score (nSPS) is 18.8. The van der Waals surface area contributed by atoms with Crippen molar-refractivity contribution in [1.82, 2.24) is 14.9 Å². The SMILES string of the molecule is Cc1nc(NC(C)c2cc(N)cc(C(F)(F)F)c2)c2cc(C3CCN(C(=O)C4CC4)CC3)c3c(c2n1)CCC3. The molecule has 206 valence electrons. The van der Waals surface area contributed by atoms with E-state index in [4.69, 9.17) is 15.7 Å². The minimum Gasteiger partial charge on any atom is -0.399 e. The number of benzene rings is 2. The van der Waals surface area contributed by atoms with Crippen molar-refractivity contribution in [1.29, 1.82) is 0 Å². The van der Waals surface area contributed by atoms with Gasteiger partial charge < -0.3 is 16.0 Å². The summed E-state index contributed by atoms with van der Waals surface area (Å²) >= 11 is 0. The van der Waals surface area contributed by atoms with Gasteiger partial charge in [0.15, 0.2) is 0 Å². The van der Waals surface area contributed by atoms with Crippen molar-refractivity contribution in [2.24, 2.45) is 5.92 Å². The van der Waals surface area contributed by atoms with Crippen LogP contribution in [0.2, 0.25) is 0 Å². The number of hydrogen-bond donors (Lipinski definition) is 2. The Balaban J connectivity index is 1.34. The van der Waals surface area contributed by atoms with Crippen LogP contribution < -0.4 is 11.1 Å². The van der Waals surface area contributed by atoms with E-state index in [1.165, 1.54) is 16.7 Å². The molecule has 1 amide bonds. The molecular weight excluding hydrogens is 503 g/mol. The van der Waals surface area contributed by atoms with Crippen molar-refractivity contribution in [3.8, 4) is 0 Å². The predicted molar refractivity (Wildman–Crippen MR) is 145 cm³/mol. The van der Waals surface area contributed by atoms with Crippen molar-refractivity contribution in [3.63, 3.8) is 0 Å². The number of halogens is 3. The Morgan fingerprint density at radius 3 is 2.46 bits per heavy atom. The second kappa shape index (κ2) is 9.68. The molecule has 6 rings (SSSR count). The van der Waals surface area contributed by atoms with Gasteiger partial charge in [0.1, 0.15) is 11.6 Å². The second-order valence-corrected chi connectivity index (χ2v) is 11.4. The fourth-order valence-corrected chi connectivity index (χ4v) is 6.37. The summed E-state index contributed by atoms with van der Waals surface area (Å²) in [6.45, 7) is 5.24. The van der Waals surface area contributed by atoms with Crippen molar-refractivity contribution in [2.45, 2.75) is 76.9 Å². The Bertz CT molecular complexity index is 1440. The van der Waals surface area contributed by atoms with E-state index in [0.717, 1.165) is 81.1 Å². The van der Waals surface area contributed by atoms with Gasteiger partial charge in [0.2, 0.25) is 5.91 Å². The van der Waals surface area contributed by atoms with Gasteiger partial charge >= 0.3 is 6.18 Å². The van der Waals surface area contributed by atoms with Gasteiger partial charge in [-0.2, -0.15) is 13.2 Å². The van der Waals surface area contributed by atoms with Gasteiger partial charge in [-0.3, -0.25) is 4.79 Å². The lowest BCUT2D eigenvalue weighted by Gasteiger charge is -2.33. The van der Waals surface area contributed by atoms with E-state index >= 15 is 0 Å². The first-order valence-electron chi connectivity index (χ1n) is 13.9. The monoisotopic (exact) mass is 537 g/mol. The maximum Gasteiger partial charge on any atom is 0.416 e. The van der Waals surface area contributed by atoms with Crippen molar-refractivity contribution in [3.05, 3.63) is 57.9 Å². The minimum atomic E-state index is -4.48. The number of rotatable bonds is 5. The molecule has 0 bridgehead atoms. The van der Waals surface area contributed by atoms with E-state index in [1.807, 2.05) is 18.7 Å². The van der Waals surface area contributed by atoms with Gasteiger partial charge in [-0.1, -0.05) is 0 Å². The summed E-state index contributed by atoms with van der Waals surface area (Å²) in [6, 6.07) is 5.42. The Morgan fingerprint density at radius 2 is 1.77 bits per heavy atom. The van der Waals surface area contributed by atoms with Gasteiger partial charge in [0, 0.05) is 30.1 Å². The van der Waals surface area contributed by atoms with Crippen molar-refractivity contribution < 1.29 is 18.0 Å². The molecule has 1 unspecified atom stereocenters. The highest BCUT2D eigenvalue weighted by molar-refractivity contribution is 5.93. The number of hydrogen-bond acceptors (Lipinski definition) is 5. The summed E-state index contributed by atoms with van der Waals surface area (Å²) in [7, 11) is 0. The average Bonchev–Trinajstić information content (AvgIpc) is 3.63. The van der Waals surface area contributed by atoms with Gasteiger partial charge in [-0.25, -0.2) is 9.97 Å². The molecule has 6 nitrogen and oxygen atoms in total. The quantitative estimate of drug-likeness (QED) is 0.372. The lowest BCUT2D eigenvalue weighted by atomic mass is 9.84. The molecular formula is C30H34F3N5O. The third kappa shape index (κ3) is 5.03. The zero-order valence-electron chi connectivity index (χ0n) is 22.4. The summed E-state index contributed by atoms with van der Waals surface area (Å²) in [5, 5.41) is 4.29. The van der Waals surface area contributed by atoms with Crippen LogP contribution in [-0.2, 0) is 23.8 Å². The molecule has 2 aromatic carbocycles. The predicted octanol–water partition coefficient (Wildman–Crippen LogP) is 6.32. The highest BCUT2D eigenvalue weighted by Crippen LogP contribution is 2.42. The first kappa shape index (κ1) is 25.9. The van der Waals surface area contributed by atoms with Gasteiger partial charge in [0.05, 0.1) is 17.1 Å². The number of fused-ring (bicyclic) bond motifs is 3. The number of nitrogens with zero attached hydrogens (tertiary/aromatic N) is 3. The van der Waals surface area contributed by atoms with Crippen LogP contribution in [0, 0.1) is 12.8 Å². The number of nitrogens with two attached hydrogens (primary N) is 1. The molecule has 1 aliphatic heterocycles. The molecule has 39 heavy (non-hydrogen) atoms. The number of piperidine rings is 1. The number of carbonyl (C=O) groups is 1. The summed E-state index contributed by atoms with van der Waals surface area (Å²) in [5.41, 5.74) is 10.5. The van der Waals surface area contributed by atoms with Crippen LogP contribution >= 0.6 is 0 Å². The topological polar surface area (TPSA) is 84.1 Å². The van der Waals surface area contributed by atoms with E-state index in [9.17, 15) is 18.0 Å². The molecule has 2 aliphatic carbocycles. The third-order valence-corrected chi connectivity index (χ3v) is 8.54. The molecule has 3 aliphatic rings. The van der Waals surface area contributed by atoms with Gasteiger partial charge in [-0.15, -0.1) is 0 Å². The van der Waals surface area contributed by atoms with Crippen LogP contribution in [0.3, 0.4) is 0 Å². The molecule has 1 saturated carbocycles. The van der Waals surface area contributed by atoms with E-state index in [2.05, 4.69) is 11.4 Å². The number of aryl methyl sites for hydroxylation is 2. The minimum absolute atomic E-state index is 0.0730. The molecule has 2 heterocycles. The Kier molecular flexibility index (Phi) is 6.43. The zero-order valence-corrected chi connectivity index (χ0v) is 22.4. The average molecular weight is 538 g/mol. The lowest BCUT2D eigenvalue weighted by Crippen LogP contribution is -2.38. The van der Waals surface area contributed by atoms with Crippen LogP contribution in [-0.4, -0.2) is 33.9 Å². The molecule has 2 fully saturated rings. The maximum atomic E-state index is 13.4. The van der Waals surface area contributed by atoms with Crippen molar-refractivity contribution in [2.75, 3.05) is 24.1 Å². The summed E-state index contributed by atoms with van der Waals surface area (Å²) in [4.78, 5) is 24.2. The van der Waals surface area contributed by atoms with Crippen LogP contribution in [0.25, 0.3) is 10.9 Å². The summed E-state index contributed by atoms with van der Waals surface area (Å²) in [5.74, 6) is 2.17. The fraction of sp³-hybridized carbons (Fsp3) is 0.500. The molecule has 1 saturated heterocycles. The third-order valence-electron chi connectivity index (χ3n) is 8.54. The molecule has 9 heteroatoms. The van der Waals surface area contributed by atoms with Crippen LogP contribution in [0.1, 0.15) is 84.6 Å². The van der Waals surface area contributed by atoms with E-state index < -0.39 is 17.8 Å². The largest absolute Gasteiger partial charge is 0.416 e. The van der Waals surface area contributed by atoms with Gasteiger partial charge in [-0.05, 0) is 111 Å². The molecule has 3 N–H and O–H groups in total. The number of alkyl halides is 3. The number of aromatic nitrogens is 2. The first-order valence-corrected chi connectivity index (χ1v) is 13.9. The Morgan fingerprint density at radius 1 is 1.05 bits per heavy atom. The summed E-state index contributed by atoms with van der Waals surface area (Å²) < 4.78 is 40.3. The molecule has 1 atom stereocenters. The number of amides is 1. The molecule has 1 aromatic heterocycles. The van der Waals surface area contributed by atoms with Gasteiger partial charge in [0.25, 0.3) is 0 Å².